The van der Waals surface area contributed by atoms with Crippen molar-refractivity contribution in [3.63, 3.8) is 0 Å². The highest BCUT2D eigenvalue weighted by molar-refractivity contribution is 6.35. The lowest BCUT2D eigenvalue weighted by Crippen LogP contribution is -2.14. The summed E-state index contributed by atoms with van der Waals surface area (Å²) < 4.78 is 5.62. The molecule has 5 nitrogen and oxygen atoms in total. The second-order valence-electron chi connectivity index (χ2n) is 5.70. The number of nitrogens with one attached hydrogen (secondary N) is 1. The fourth-order valence-electron chi connectivity index (χ4n) is 2.40. The van der Waals surface area contributed by atoms with Gasteiger partial charge in [-0.25, -0.2) is 4.98 Å². The van der Waals surface area contributed by atoms with E-state index in [9.17, 15) is 9.90 Å². The van der Waals surface area contributed by atoms with E-state index in [0.717, 1.165) is 0 Å². The molecule has 2 N–H and O–H groups in total. The summed E-state index contributed by atoms with van der Waals surface area (Å²) in [5.74, 6) is -0.183. The average molecular weight is 356 g/mol. The number of hydrogen-bond donors (Lipinski definition) is 2. The lowest BCUT2D eigenvalue weighted by molar-refractivity contribution is 0.102. The smallest absolute Gasteiger partial charge is 0.278 e. The van der Waals surface area contributed by atoms with Crippen molar-refractivity contribution < 1.29 is 14.6 Å². The van der Waals surface area contributed by atoms with Crippen LogP contribution in [0.15, 0.2) is 42.5 Å². The minimum atomic E-state index is -0.564. The van der Waals surface area contributed by atoms with Crippen LogP contribution in [-0.2, 0) is 0 Å². The van der Waals surface area contributed by atoms with Crippen LogP contribution in [-0.4, -0.2) is 22.1 Å². The third-order valence-corrected chi connectivity index (χ3v) is 3.73. The highest BCUT2D eigenvalue weighted by Crippen LogP contribution is 2.34. The van der Waals surface area contributed by atoms with E-state index >= 15 is 0 Å². The van der Waals surface area contributed by atoms with Crippen LogP contribution in [0, 0.1) is 6.07 Å². The third kappa shape index (κ3) is 3.67. The van der Waals surface area contributed by atoms with E-state index in [0.29, 0.717) is 22.2 Å². The average Bonchev–Trinajstić information content (AvgIpc) is 2.58. The molecule has 0 aliphatic heterocycles. The predicted octanol–water partition coefficient (Wildman–Crippen LogP) is 4.43. The fourth-order valence-corrected chi connectivity index (χ4v) is 2.64. The monoisotopic (exact) mass is 355 g/mol. The Morgan fingerprint density at radius 2 is 2.08 bits per heavy atom. The molecule has 127 valence electrons. The van der Waals surface area contributed by atoms with Gasteiger partial charge < -0.3 is 15.2 Å². The number of anilines is 1. The molecule has 1 aromatic heterocycles. The molecule has 3 aromatic rings. The molecule has 25 heavy (non-hydrogen) atoms. The van der Waals surface area contributed by atoms with E-state index in [2.05, 4.69) is 16.4 Å². The van der Waals surface area contributed by atoms with Crippen LogP contribution < -0.4 is 10.1 Å². The first-order valence-electron chi connectivity index (χ1n) is 7.72. The maximum atomic E-state index is 12.4. The van der Waals surface area contributed by atoms with Crippen LogP contribution in [0.25, 0.3) is 10.8 Å². The summed E-state index contributed by atoms with van der Waals surface area (Å²) in [5.41, 5.74) is 0.331. The van der Waals surface area contributed by atoms with E-state index in [1.807, 2.05) is 13.8 Å². The van der Waals surface area contributed by atoms with Gasteiger partial charge in [-0.15, -0.1) is 0 Å². The molecular weight excluding hydrogens is 340 g/mol. The number of ether oxygens (including phenoxy) is 1. The van der Waals surface area contributed by atoms with Gasteiger partial charge in [-0.3, -0.25) is 4.79 Å². The van der Waals surface area contributed by atoms with Crippen molar-refractivity contribution >= 4 is 34.0 Å². The maximum absolute atomic E-state index is 12.4. The number of aromatic hydroxyl groups is 1. The van der Waals surface area contributed by atoms with Crippen molar-refractivity contribution in [2.45, 2.75) is 20.0 Å². The molecule has 0 saturated carbocycles. The van der Waals surface area contributed by atoms with E-state index in [1.165, 1.54) is 0 Å². The second-order valence-corrected chi connectivity index (χ2v) is 6.06. The lowest BCUT2D eigenvalue weighted by Gasteiger charge is -2.13. The van der Waals surface area contributed by atoms with Gasteiger partial charge >= 0.3 is 0 Å². The molecule has 0 unspecified atom stereocenters. The Bertz CT molecular complexity index is 927. The molecule has 0 spiro atoms. The summed E-state index contributed by atoms with van der Waals surface area (Å²) >= 11 is 6.22. The van der Waals surface area contributed by atoms with Crippen molar-refractivity contribution in [1.29, 1.82) is 0 Å². The first-order chi connectivity index (χ1) is 12.0. The number of benzene rings is 2. The Morgan fingerprint density at radius 3 is 2.76 bits per heavy atom. The fraction of sp³-hybridized carbons (Fsp3) is 0.158. The molecule has 0 aliphatic carbocycles. The zero-order valence-corrected chi connectivity index (χ0v) is 14.5. The van der Waals surface area contributed by atoms with Gasteiger partial charge in [0.1, 0.15) is 10.9 Å². The highest BCUT2D eigenvalue weighted by Gasteiger charge is 2.19. The van der Waals surface area contributed by atoms with E-state index in [1.54, 1.807) is 42.5 Å². The highest BCUT2D eigenvalue weighted by atomic mass is 35.5. The Hall–Kier alpha value is -2.79. The molecule has 0 saturated heterocycles. The Balaban J connectivity index is 2.00. The Kier molecular flexibility index (Phi) is 4.76. The molecule has 1 radical (unpaired) electrons. The topological polar surface area (TPSA) is 71.5 Å². The number of nitrogens with zero attached hydrogens (tertiary/aromatic N) is 1. The van der Waals surface area contributed by atoms with Crippen molar-refractivity contribution in [3.05, 3.63) is 59.4 Å². The number of pyridine rings is 1. The number of amides is 1. The zero-order chi connectivity index (χ0) is 18.0. The number of rotatable bonds is 4. The second kappa shape index (κ2) is 6.99. The minimum absolute atomic E-state index is 0.00459. The number of aromatic nitrogens is 1. The molecule has 1 amide bonds. The van der Waals surface area contributed by atoms with Gasteiger partial charge in [0.05, 0.1) is 6.10 Å². The normalized spacial score (nSPS) is 10.9. The van der Waals surface area contributed by atoms with E-state index in [4.69, 9.17) is 16.3 Å². The van der Waals surface area contributed by atoms with E-state index < -0.39 is 5.91 Å². The number of halogens is 1. The van der Waals surface area contributed by atoms with Crippen LogP contribution in [0.3, 0.4) is 0 Å². The van der Waals surface area contributed by atoms with Crippen molar-refractivity contribution in [1.82, 2.24) is 4.98 Å². The zero-order valence-electron chi connectivity index (χ0n) is 13.7. The lowest BCUT2D eigenvalue weighted by atomic mass is 10.1. The predicted molar refractivity (Wildman–Crippen MR) is 97.4 cm³/mol. The number of hydrogen-bond acceptors (Lipinski definition) is 4. The quantitative estimate of drug-likeness (QED) is 0.679. The summed E-state index contributed by atoms with van der Waals surface area (Å²) in [7, 11) is 0. The van der Waals surface area contributed by atoms with E-state index in [-0.39, 0.29) is 22.7 Å². The maximum Gasteiger partial charge on any atom is 0.278 e. The van der Waals surface area contributed by atoms with Crippen LogP contribution in [0.4, 0.5) is 5.69 Å². The molecule has 6 heteroatoms. The standard InChI is InChI=1S/C19H16ClN2O3/c1-11(2)25-13-8-9-14-15(10-13)18(20)22-16(17(14)23)19(24)21-12-6-4-3-5-7-12/h3-6,8-11,23H,1-2H3,(H,21,24). The van der Waals surface area contributed by atoms with Gasteiger partial charge in [-0.05, 0) is 38.1 Å². The van der Waals surface area contributed by atoms with Gasteiger partial charge in [-0.1, -0.05) is 29.8 Å². The SMILES string of the molecule is CC(C)Oc1ccc2c(O)c(C(=O)Nc3[c]cccc3)nc(Cl)c2c1. The van der Waals surface area contributed by atoms with Crippen LogP contribution in [0.5, 0.6) is 11.5 Å². The number of carbonyl (C=O) groups excluding carboxylic acids is 1. The van der Waals surface area contributed by atoms with Gasteiger partial charge in [0, 0.05) is 22.5 Å². The van der Waals surface area contributed by atoms with Crippen LogP contribution in [0.2, 0.25) is 5.15 Å². The van der Waals surface area contributed by atoms with Crippen LogP contribution in [0.1, 0.15) is 24.3 Å². The molecule has 2 aromatic carbocycles. The first kappa shape index (κ1) is 17.0. The summed E-state index contributed by atoms with van der Waals surface area (Å²) in [6.07, 6.45) is 0.00459. The Labute approximate surface area is 150 Å². The number of para-hydroxylation sites is 1. The molecule has 3 rings (SSSR count). The molecular formula is C19H16ClN2O3. The number of carbonyl (C=O) groups is 1. The molecule has 0 atom stereocenters. The van der Waals surface area contributed by atoms with Crippen molar-refractivity contribution in [2.75, 3.05) is 5.32 Å². The van der Waals surface area contributed by atoms with Gasteiger partial charge in [-0.2, -0.15) is 0 Å². The molecule has 0 bridgehead atoms. The summed E-state index contributed by atoms with van der Waals surface area (Å²) in [6, 6.07) is 14.8. The van der Waals surface area contributed by atoms with Crippen molar-refractivity contribution in [2.24, 2.45) is 0 Å². The van der Waals surface area contributed by atoms with Gasteiger partial charge in [0.2, 0.25) is 0 Å². The molecule has 0 fully saturated rings. The van der Waals surface area contributed by atoms with Crippen molar-refractivity contribution in [3.8, 4) is 11.5 Å². The Morgan fingerprint density at radius 1 is 1.28 bits per heavy atom. The molecule has 0 aliphatic rings. The minimum Gasteiger partial charge on any atom is -0.505 e. The number of fused-ring (bicyclic) bond motifs is 1. The largest absolute Gasteiger partial charge is 0.505 e. The van der Waals surface area contributed by atoms with Crippen LogP contribution >= 0.6 is 11.6 Å². The van der Waals surface area contributed by atoms with Gasteiger partial charge in [0.15, 0.2) is 11.4 Å². The van der Waals surface area contributed by atoms with Gasteiger partial charge in [0.25, 0.3) is 5.91 Å². The first-order valence-corrected chi connectivity index (χ1v) is 8.10. The summed E-state index contributed by atoms with van der Waals surface area (Å²) in [6.45, 7) is 3.82. The summed E-state index contributed by atoms with van der Waals surface area (Å²) in [4.78, 5) is 16.5. The molecule has 1 heterocycles. The summed E-state index contributed by atoms with van der Waals surface area (Å²) in [5, 5.41) is 14.1. The third-order valence-electron chi connectivity index (χ3n) is 3.45.